The van der Waals surface area contributed by atoms with Crippen LogP contribution >= 0.6 is 0 Å². The quantitative estimate of drug-likeness (QED) is 0.847. The Balaban J connectivity index is 2.29. The zero-order valence-corrected chi connectivity index (χ0v) is 13.6. The van der Waals surface area contributed by atoms with E-state index in [-0.39, 0.29) is 0 Å². The van der Waals surface area contributed by atoms with Crippen LogP contribution < -0.4 is 10.2 Å². The van der Waals surface area contributed by atoms with Crippen LogP contribution in [-0.4, -0.2) is 50.2 Å². The number of anilines is 2. The van der Waals surface area contributed by atoms with Crippen LogP contribution in [0, 0.1) is 0 Å². The lowest BCUT2D eigenvalue weighted by atomic mass is 10.1. The van der Waals surface area contributed by atoms with E-state index in [1.54, 1.807) is 0 Å². The number of benzene rings is 1. The average molecular weight is 286 g/mol. The summed E-state index contributed by atoms with van der Waals surface area (Å²) >= 11 is 0. The molecule has 0 fully saturated rings. The normalized spacial score (nSPS) is 11.1. The highest BCUT2D eigenvalue weighted by Gasteiger charge is 2.09. The monoisotopic (exact) mass is 286 g/mol. The molecule has 1 aromatic heterocycles. The summed E-state index contributed by atoms with van der Waals surface area (Å²) in [5.41, 5.74) is 1.16. The number of nitrogens with one attached hydrogen (secondary N) is 1. The third-order valence-corrected chi connectivity index (χ3v) is 3.70. The minimum absolute atomic E-state index is 0.944. The summed E-state index contributed by atoms with van der Waals surface area (Å²) in [6.07, 6.45) is 1.90. The van der Waals surface area contributed by atoms with E-state index in [0.29, 0.717) is 0 Å². The molecule has 1 heterocycles. The van der Waals surface area contributed by atoms with E-state index < -0.39 is 0 Å². The number of hydrogen-bond donors (Lipinski definition) is 1. The summed E-state index contributed by atoms with van der Waals surface area (Å²) in [7, 11) is 4.18. The number of hydrogen-bond acceptors (Lipinski definition) is 4. The van der Waals surface area contributed by atoms with Gasteiger partial charge in [0.15, 0.2) is 0 Å². The number of nitrogens with zero attached hydrogens (tertiary/aromatic N) is 3. The van der Waals surface area contributed by atoms with Crippen molar-refractivity contribution in [3.05, 3.63) is 30.5 Å². The van der Waals surface area contributed by atoms with E-state index in [1.807, 2.05) is 6.20 Å². The molecule has 0 saturated heterocycles. The maximum atomic E-state index is 4.59. The standard InChI is InChI=1S/C17H26N4/c1-5-21(6-2)17-16-13-15(18-11-12-20(3)4)8-7-14(16)9-10-19-17/h7-10,13,18H,5-6,11-12H2,1-4H3. The predicted molar refractivity (Wildman–Crippen MR) is 92.3 cm³/mol. The second kappa shape index (κ2) is 7.27. The van der Waals surface area contributed by atoms with Crippen LogP contribution in [0.5, 0.6) is 0 Å². The fraction of sp³-hybridized carbons (Fsp3) is 0.471. The van der Waals surface area contributed by atoms with Crippen molar-refractivity contribution < 1.29 is 0 Å². The lowest BCUT2D eigenvalue weighted by Gasteiger charge is -2.21. The van der Waals surface area contributed by atoms with Crippen LogP contribution in [-0.2, 0) is 0 Å². The zero-order chi connectivity index (χ0) is 15.2. The third-order valence-electron chi connectivity index (χ3n) is 3.70. The molecule has 0 bridgehead atoms. The van der Waals surface area contributed by atoms with Gasteiger partial charge in [-0.25, -0.2) is 4.98 Å². The van der Waals surface area contributed by atoms with Crippen molar-refractivity contribution in [3.63, 3.8) is 0 Å². The largest absolute Gasteiger partial charge is 0.384 e. The van der Waals surface area contributed by atoms with Crippen LogP contribution in [0.4, 0.5) is 11.5 Å². The molecule has 0 spiro atoms. The second-order valence-electron chi connectivity index (χ2n) is 5.47. The van der Waals surface area contributed by atoms with E-state index >= 15 is 0 Å². The molecule has 4 nitrogen and oxygen atoms in total. The third kappa shape index (κ3) is 3.85. The van der Waals surface area contributed by atoms with Crippen molar-refractivity contribution >= 4 is 22.3 Å². The molecule has 1 aromatic carbocycles. The lowest BCUT2D eigenvalue weighted by Crippen LogP contribution is -2.23. The van der Waals surface area contributed by atoms with Crippen molar-refractivity contribution in [3.8, 4) is 0 Å². The van der Waals surface area contributed by atoms with E-state index in [4.69, 9.17) is 0 Å². The molecule has 0 amide bonds. The van der Waals surface area contributed by atoms with E-state index in [0.717, 1.165) is 37.7 Å². The highest BCUT2D eigenvalue weighted by Crippen LogP contribution is 2.27. The smallest absolute Gasteiger partial charge is 0.136 e. The number of aromatic nitrogens is 1. The van der Waals surface area contributed by atoms with Gasteiger partial charge in [0.2, 0.25) is 0 Å². The summed E-state index contributed by atoms with van der Waals surface area (Å²) in [4.78, 5) is 9.06. The molecule has 0 unspecified atom stereocenters. The van der Waals surface area contributed by atoms with Gasteiger partial charge in [-0.3, -0.25) is 0 Å². The van der Waals surface area contributed by atoms with Gasteiger partial charge < -0.3 is 15.1 Å². The highest BCUT2D eigenvalue weighted by molar-refractivity contribution is 5.94. The SMILES string of the molecule is CCN(CC)c1nccc2ccc(NCCN(C)C)cc12. The lowest BCUT2D eigenvalue weighted by molar-refractivity contribution is 0.425. The first kappa shape index (κ1) is 15.6. The van der Waals surface area contributed by atoms with Gasteiger partial charge in [-0.1, -0.05) is 6.07 Å². The number of pyridine rings is 1. The summed E-state index contributed by atoms with van der Waals surface area (Å²) < 4.78 is 0. The molecule has 2 aromatic rings. The minimum Gasteiger partial charge on any atom is -0.384 e. The van der Waals surface area contributed by atoms with Gasteiger partial charge in [0, 0.05) is 43.4 Å². The van der Waals surface area contributed by atoms with Crippen molar-refractivity contribution in [1.29, 1.82) is 0 Å². The first-order valence-electron chi connectivity index (χ1n) is 7.68. The average Bonchev–Trinajstić information content (AvgIpc) is 2.48. The molecule has 0 aliphatic rings. The van der Waals surface area contributed by atoms with Gasteiger partial charge in [0.1, 0.15) is 5.82 Å². The van der Waals surface area contributed by atoms with E-state index in [1.165, 1.54) is 10.8 Å². The fourth-order valence-electron chi connectivity index (χ4n) is 2.46. The summed E-state index contributed by atoms with van der Waals surface area (Å²) in [6, 6.07) is 8.60. The Morgan fingerprint density at radius 3 is 2.52 bits per heavy atom. The molecule has 1 N–H and O–H groups in total. The van der Waals surface area contributed by atoms with Crippen LogP contribution in [0.3, 0.4) is 0 Å². The zero-order valence-electron chi connectivity index (χ0n) is 13.6. The van der Waals surface area contributed by atoms with Gasteiger partial charge in [-0.05, 0) is 51.5 Å². The summed E-state index contributed by atoms with van der Waals surface area (Å²) in [5, 5.41) is 5.94. The van der Waals surface area contributed by atoms with Gasteiger partial charge in [0.25, 0.3) is 0 Å². The van der Waals surface area contributed by atoms with Crippen LogP contribution in [0.25, 0.3) is 10.8 Å². The van der Waals surface area contributed by atoms with E-state index in [2.05, 4.69) is 72.3 Å². The number of rotatable bonds is 7. The molecule has 2 rings (SSSR count). The van der Waals surface area contributed by atoms with Crippen molar-refractivity contribution in [2.24, 2.45) is 0 Å². The van der Waals surface area contributed by atoms with E-state index in [9.17, 15) is 0 Å². The van der Waals surface area contributed by atoms with Crippen LogP contribution in [0.15, 0.2) is 30.5 Å². The van der Waals surface area contributed by atoms with Gasteiger partial charge in [0.05, 0.1) is 0 Å². The molecule has 0 aliphatic heterocycles. The van der Waals surface area contributed by atoms with Crippen molar-refractivity contribution in [2.75, 3.05) is 50.5 Å². The van der Waals surface area contributed by atoms with Crippen LogP contribution in [0.2, 0.25) is 0 Å². The molecule has 4 heteroatoms. The Kier molecular flexibility index (Phi) is 5.39. The molecular formula is C17H26N4. The fourth-order valence-corrected chi connectivity index (χ4v) is 2.46. The molecule has 0 atom stereocenters. The molecule has 0 radical (unpaired) electrons. The Bertz CT molecular complexity index is 576. The van der Waals surface area contributed by atoms with Gasteiger partial charge in [-0.15, -0.1) is 0 Å². The molecular weight excluding hydrogens is 260 g/mol. The highest BCUT2D eigenvalue weighted by atomic mass is 15.2. The Labute approximate surface area is 127 Å². The second-order valence-corrected chi connectivity index (χ2v) is 5.47. The predicted octanol–water partition coefficient (Wildman–Crippen LogP) is 3.05. The van der Waals surface area contributed by atoms with Crippen molar-refractivity contribution in [2.45, 2.75) is 13.8 Å². The number of fused-ring (bicyclic) bond motifs is 1. The van der Waals surface area contributed by atoms with Gasteiger partial charge >= 0.3 is 0 Å². The topological polar surface area (TPSA) is 31.4 Å². The molecule has 21 heavy (non-hydrogen) atoms. The van der Waals surface area contributed by atoms with Gasteiger partial charge in [-0.2, -0.15) is 0 Å². The summed E-state index contributed by atoms with van der Waals surface area (Å²) in [6.45, 7) is 8.25. The summed E-state index contributed by atoms with van der Waals surface area (Å²) in [5.74, 6) is 1.08. The molecule has 0 saturated carbocycles. The Morgan fingerprint density at radius 1 is 1.10 bits per heavy atom. The maximum Gasteiger partial charge on any atom is 0.136 e. The maximum absolute atomic E-state index is 4.59. The number of likely N-dealkylation sites (N-methyl/N-ethyl adjacent to an activating group) is 1. The molecule has 114 valence electrons. The minimum atomic E-state index is 0.944. The van der Waals surface area contributed by atoms with Crippen LogP contribution in [0.1, 0.15) is 13.8 Å². The van der Waals surface area contributed by atoms with Crippen molar-refractivity contribution in [1.82, 2.24) is 9.88 Å². The Hall–Kier alpha value is -1.81. The first-order chi connectivity index (χ1) is 10.2. The first-order valence-corrected chi connectivity index (χ1v) is 7.68. The Morgan fingerprint density at radius 2 is 1.86 bits per heavy atom. The molecule has 0 aliphatic carbocycles.